The van der Waals surface area contributed by atoms with Crippen LogP contribution in [0.5, 0.6) is 0 Å². The highest BCUT2D eigenvalue weighted by Crippen LogP contribution is 2.38. The number of aryl methyl sites for hydroxylation is 1. The van der Waals surface area contributed by atoms with Crippen molar-refractivity contribution in [3.8, 4) is 0 Å². The first kappa shape index (κ1) is 23.4. The molecule has 2 amide bonds. The van der Waals surface area contributed by atoms with E-state index in [0.29, 0.717) is 39.0 Å². The molecule has 1 aromatic heterocycles. The molecule has 0 unspecified atom stereocenters. The lowest BCUT2D eigenvalue weighted by Gasteiger charge is -2.30. The van der Waals surface area contributed by atoms with Crippen LogP contribution < -0.4 is 16.0 Å². The SMILES string of the molecule is CC1=C(C(=O)Nc2ccc(Cl)cc2)[C@@H](c2ccc(C)cc2)n2ncc(C(=O)Nc3ccccc3)c2N1. The number of carbonyl (C=O) groups excluding carboxylic acids is 2. The lowest BCUT2D eigenvalue weighted by atomic mass is 9.94. The van der Waals surface area contributed by atoms with Gasteiger partial charge in [-0.05, 0) is 55.8 Å². The zero-order chi connectivity index (χ0) is 25.2. The first-order valence-electron chi connectivity index (χ1n) is 11.5. The van der Waals surface area contributed by atoms with Crippen molar-refractivity contribution in [1.29, 1.82) is 0 Å². The van der Waals surface area contributed by atoms with Crippen LogP contribution in [-0.2, 0) is 4.79 Å². The average Bonchev–Trinajstić information content (AvgIpc) is 3.29. The molecule has 5 rings (SSSR count). The van der Waals surface area contributed by atoms with Crippen molar-refractivity contribution >= 4 is 40.6 Å². The smallest absolute Gasteiger partial charge is 0.261 e. The maximum atomic E-state index is 13.5. The molecule has 0 radical (unpaired) electrons. The highest BCUT2D eigenvalue weighted by atomic mass is 35.5. The van der Waals surface area contributed by atoms with Gasteiger partial charge in [-0.3, -0.25) is 9.59 Å². The van der Waals surface area contributed by atoms with Crippen molar-refractivity contribution in [3.05, 3.63) is 118 Å². The van der Waals surface area contributed by atoms with E-state index >= 15 is 0 Å². The number of nitrogens with zero attached hydrogens (tertiary/aromatic N) is 2. The van der Waals surface area contributed by atoms with E-state index in [2.05, 4.69) is 21.0 Å². The van der Waals surface area contributed by atoms with Gasteiger partial charge in [0.15, 0.2) is 0 Å². The molecular weight excluding hydrogens is 474 g/mol. The van der Waals surface area contributed by atoms with Crippen molar-refractivity contribution in [1.82, 2.24) is 9.78 Å². The van der Waals surface area contributed by atoms with E-state index in [1.807, 2.05) is 68.4 Å². The number of hydrogen-bond donors (Lipinski definition) is 3. The molecule has 36 heavy (non-hydrogen) atoms. The molecule has 0 fully saturated rings. The minimum Gasteiger partial charge on any atom is -0.343 e. The fourth-order valence-corrected chi connectivity index (χ4v) is 4.35. The van der Waals surface area contributed by atoms with Crippen molar-refractivity contribution < 1.29 is 9.59 Å². The van der Waals surface area contributed by atoms with Crippen LogP contribution in [-0.4, -0.2) is 21.6 Å². The quantitative estimate of drug-likeness (QED) is 0.314. The van der Waals surface area contributed by atoms with Crippen molar-refractivity contribution in [2.45, 2.75) is 19.9 Å². The molecule has 1 atom stereocenters. The molecule has 4 aromatic rings. The Hall–Kier alpha value is -4.36. The van der Waals surface area contributed by atoms with E-state index < -0.39 is 6.04 Å². The minimum absolute atomic E-state index is 0.274. The topological polar surface area (TPSA) is 88.0 Å². The first-order chi connectivity index (χ1) is 17.4. The summed E-state index contributed by atoms with van der Waals surface area (Å²) in [5.41, 5.74) is 4.80. The van der Waals surface area contributed by atoms with Gasteiger partial charge in [0.1, 0.15) is 17.4 Å². The van der Waals surface area contributed by atoms with Crippen molar-refractivity contribution in [2.24, 2.45) is 0 Å². The Labute approximate surface area is 213 Å². The number of para-hydroxylation sites is 1. The predicted octanol–water partition coefficient (Wildman–Crippen LogP) is 6.02. The van der Waals surface area contributed by atoms with Gasteiger partial charge in [0.05, 0.1) is 11.8 Å². The number of fused-ring (bicyclic) bond motifs is 1. The zero-order valence-corrected chi connectivity index (χ0v) is 20.5. The molecule has 7 nitrogen and oxygen atoms in total. The third kappa shape index (κ3) is 4.61. The average molecular weight is 498 g/mol. The third-order valence-electron chi connectivity index (χ3n) is 6.04. The summed E-state index contributed by atoms with van der Waals surface area (Å²) in [7, 11) is 0. The van der Waals surface area contributed by atoms with Crippen LogP contribution in [0, 0.1) is 6.92 Å². The summed E-state index contributed by atoms with van der Waals surface area (Å²) >= 11 is 5.99. The maximum absolute atomic E-state index is 13.5. The predicted molar refractivity (Wildman–Crippen MR) is 142 cm³/mol. The van der Waals surface area contributed by atoms with Gasteiger partial charge in [-0.15, -0.1) is 0 Å². The summed E-state index contributed by atoms with van der Waals surface area (Å²) in [6.45, 7) is 3.83. The molecule has 0 saturated carbocycles. The summed E-state index contributed by atoms with van der Waals surface area (Å²) in [5, 5.41) is 14.2. The van der Waals surface area contributed by atoms with Gasteiger partial charge in [-0.25, -0.2) is 4.68 Å². The van der Waals surface area contributed by atoms with Crippen LogP contribution in [0.15, 0.2) is 96.3 Å². The number of anilines is 3. The lowest BCUT2D eigenvalue weighted by molar-refractivity contribution is -0.113. The molecule has 0 spiro atoms. The Morgan fingerprint density at radius 3 is 2.19 bits per heavy atom. The Morgan fingerprint density at radius 1 is 0.861 bits per heavy atom. The molecule has 1 aliphatic heterocycles. The number of aromatic nitrogens is 2. The van der Waals surface area contributed by atoms with E-state index in [-0.39, 0.29) is 11.8 Å². The summed E-state index contributed by atoms with van der Waals surface area (Å²) in [5.74, 6) is -0.0432. The van der Waals surface area contributed by atoms with Gasteiger partial charge in [0, 0.05) is 22.1 Å². The van der Waals surface area contributed by atoms with E-state index in [1.165, 1.54) is 6.20 Å². The van der Waals surface area contributed by atoms with Gasteiger partial charge in [0.25, 0.3) is 11.8 Å². The summed E-state index contributed by atoms with van der Waals surface area (Å²) in [4.78, 5) is 26.7. The second kappa shape index (κ2) is 9.71. The van der Waals surface area contributed by atoms with E-state index in [0.717, 1.165) is 11.1 Å². The number of nitrogens with one attached hydrogen (secondary N) is 3. The fourth-order valence-electron chi connectivity index (χ4n) is 4.22. The molecule has 0 saturated heterocycles. The second-order valence-electron chi connectivity index (χ2n) is 8.61. The summed E-state index contributed by atoms with van der Waals surface area (Å²) in [6.07, 6.45) is 1.52. The number of amides is 2. The Kier molecular flexibility index (Phi) is 6.31. The Balaban J connectivity index is 1.54. The Bertz CT molecular complexity index is 1460. The standard InChI is InChI=1S/C28H24ClN5O2/c1-17-8-10-19(11-9-17)25-24(28(36)33-22-14-12-20(29)13-15-22)18(2)31-26-23(16-30-34(25)26)27(35)32-21-6-4-3-5-7-21/h3-16,25,31H,1-2H3,(H,32,35)(H,33,36)/t25-/m1/s1. The number of halogens is 1. The molecule has 180 valence electrons. The molecule has 3 N–H and O–H groups in total. The molecule has 3 aromatic carbocycles. The monoisotopic (exact) mass is 497 g/mol. The Morgan fingerprint density at radius 2 is 1.50 bits per heavy atom. The first-order valence-corrected chi connectivity index (χ1v) is 11.8. The number of allylic oxidation sites excluding steroid dienone is 1. The van der Waals surface area contributed by atoms with Crippen LogP contribution in [0.2, 0.25) is 5.02 Å². The van der Waals surface area contributed by atoms with Crippen molar-refractivity contribution in [3.63, 3.8) is 0 Å². The van der Waals surface area contributed by atoms with Gasteiger partial charge in [-0.1, -0.05) is 59.6 Å². The summed E-state index contributed by atoms with van der Waals surface area (Å²) < 4.78 is 1.69. The summed E-state index contributed by atoms with van der Waals surface area (Å²) in [6, 6.07) is 23.6. The normalized spacial score (nSPS) is 14.6. The van der Waals surface area contributed by atoms with E-state index in [9.17, 15) is 9.59 Å². The lowest BCUT2D eigenvalue weighted by Crippen LogP contribution is -2.32. The zero-order valence-electron chi connectivity index (χ0n) is 19.7. The second-order valence-corrected chi connectivity index (χ2v) is 9.05. The number of hydrogen-bond acceptors (Lipinski definition) is 4. The number of carbonyl (C=O) groups is 2. The van der Waals surface area contributed by atoms with Crippen LogP contribution in [0.3, 0.4) is 0 Å². The highest BCUT2D eigenvalue weighted by molar-refractivity contribution is 6.30. The van der Waals surface area contributed by atoms with Gasteiger partial charge in [-0.2, -0.15) is 5.10 Å². The van der Waals surface area contributed by atoms with E-state index in [1.54, 1.807) is 28.9 Å². The van der Waals surface area contributed by atoms with Crippen LogP contribution in [0.4, 0.5) is 17.2 Å². The van der Waals surface area contributed by atoms with Gasteiger partial charge in [0.2, 0.25) is 0 Å². The van der Waals surface area contributed by atoms with Crippen LogP contribution in [0.1, 0.15) is 34.5 Å². The molecule has 1 aliphatic rings. The van der Waals surface area contributed by atoms with Crippen LogP contribution in [0.25, 0.3) is 0 Å². The van der Waals surface area contributed by atoms with Gasteiger partial charge >= 0.3 is 0 Å². The molecule has 2 heterocycles. The number of benzene rings is 3. The minimum atomic E-state index is -0.535. The molecule has 0 bridgehead atoms. The number of rotatable bonds is 5. The maximum Gasteiger partial charge on any atom is 0.261 e. The molecular formula is C28H24ClN5O2. The highest BCUT2D eigenvalue weighted by Gasteiger charge is 2.35. The third-order valence-corrected chi connectivity index (χ3v) is 6.29. The van der Waals surface area contributed by atoms with E-state index in [4.69, 9.17) is 11.6 Å². The van der Waals surface area contributed by atoms with Crippen molar-refractivity contribution in [2.75, 3.05) is 16.0 Å². The largest absolute Gasteiger partial charge is 0.343 e. The molecule has 8 heteroatoms. The fraction of sp³-hybridized carbons (Fsp3) is 0.107. The van der Waals surface area contributed by atoms with Crippen LogP contribution >= 0.6 is 11.6 Å². The molecule has 0 aliphatic carbocycles. The van der Waals surface area contributed by atoms with Gasteiger partial charge < -0.3 is 16.0 Å².